The van der Waals surface area contributed by atoms with Crippen molar-refractivity contribution in [3.05, 3.63) is 24.2 Å². The highest BCUT2D eigenvalue weighted by atomic mass is 16.6. The number of carbonyl (C=O) groups excluding carboxylic acids is 3. The Morgan fingerprint density at radius 1 is 1.38 bits per heavy atom. The Morgan fingerprint density at radius 3 is 2.79 bits per heavy atom. The molecule has 0 unspecified atom stereocenters. The third kappa shape index (κ3) is 4.92. The van der Waals surface area contributed by atoms with Gasteiger partial charge in [-0.2, -0.15) is 0 Å². The third-order valence-corrected chi connectivity index (χ3v) is 5.84. The van der Waals surface area contributed by atoms with E-state index in [0.717, 1.165) is 19.3 Å². The van der Waals surface area contributed by atoms with Crippen LogP contribution < -0.4 is 10.6 Å². The zero-order chi connectivity index (χ0) is 21.2. The van der Waals surface area contributed by atoms with Crippen molar-refractivity contribution in [3.8, 4) is 0 Å². The number of ether oxygens (including phenoxy) is 1. The first-order valence-electron chi connectivity index (χ1n) is 10.2. The molecule has 160 valence electrons. The molecule has 8 heteroatoms. The molecule has 0 spiro atoms. The number of amides is 3. The van der Waals surface area contributed by atoms with E-state index < -0.39 is 17.7 Å². The maximum Gasteiger partial charge on any atom is 0.407 e. The van der Waals surface area contributed by atoms with Gasteiger partial charge in [0.05, 0.1) is 11.8 Å². The maximum atomic E-state index is 12.9. The van der Waals surface area contributed by atoms with Crippen LogP contribution in [0.4, 0.5) is 4.79 Å². The van der Waals surface area contributed by atoms with Gasteiger partial charge in [-0.25, -0.2) is 4.79 Å². The van der Waals surface area contributed by atoms with Crippen molar-refractivity contribution in [3.63, 3.8) is 0 Å². The van der Waals surface area contributed by atoms with E-state index >= 15 is 0 Å². The number of nitrogens with one attached hydrogen (secondary N) is 2. The first kappa shape index (κ1) is 21.2. The van der Waals surface area contributed by atoms with Gasteiger partial charge in [0.25, 0.3) is 5.91 Å². The lowest BCUT2D eigenvalue weighted by Crippen LogP contribution is -2.47. The molecule has 1 aromatic heterocycles. The zero-order valence-corrected chi connectivity index (χ0v) is 17.6. The summed E-state index contributed by atoms with van der Waals surface area (Å²) < 4.78 is 10.3. The Bertz CT molecular complexity index is 755. The van der Waals surface area contributed by atoms with E-state index in [-0.39, 0.29) is 17.2 Å². The average Bonchev–Trinajstić information content (AvgIpc) is 3.33. The fraction of sp³-hybridized carbons (Fsp3) is 0.667. The lowest BCUT2D eigenvalue weighted by molar-refractivity contribution is -0.132. The zero-order valence-electron chi connectivity index (χ0n) is 17.6. The molecule has 8 nitrogen and oxygen atoms in total. The summed E-state index contributed by atoms with van der Waals surface area (Å²) in [5.41, 5.74) is -0.279. The second-order valence-electron chi connectivity index (χ2n) is 9.23. The number of hydrogen-bond donors (Lipinski definition) is 2. The fourth-order valence-electron chi connectivity index (χ4n) is 4.44. The number of carbonyl (C=O) groups is 3. The van der Waals surface area contributed by atoms with Crippen LogP contribution in [0, 0.1) is 11.3 Å². The van der Waals surface area contributed by atoms with Crippen LogP contribution in [-0.4, -0.2) is 54.1 Å². The molecule has 2 fully saturated rings. The topological polar surface area (TPSA) is 101 Å². The SMILES string of the molecule is C[C@H](NC(=O)c1ccoc1)C(=O)N1C[C@H]2CCC[C@@]2(CNC(=O)OC(C)(C)C)C1. The van der Waals surface area contributed by atoms with Gasteiger partial charge in [0.15, 0.2) is 0 Å². The number of alkyl carbamates (subject to hydrolysis) is 1. The van der Waals surface area contributed by atoms with Crippen molar-refractivity contribution in [1.82, 2.24) is 15.5 Å². The predicted molar refractivity (Wildman–Crippen MR) is 106 cm³/mol. The summed E-state index contributed by atoms with van der Waals surface area (Å²) >= 11 is 0. The molecule has 2 aliphatic rings. The maximum absolute atomic E-state index is 12.9. The Kier molecular flexibility index (Phi) is 5.91. The van der Waals surface area contributed by atoms with Crippen molar-refractivity contribution in [1.29, 1.82) is 0 Å². The quantitative estimate of drug-likeness (QED) is 0.784. The summed E-state index contributed by atoms with van der Waals surface area (Å²) in [6.45, 7) is 8.92. The van der Waals surface area contributed by atoms with Gasteiger partial charge in [-0.3, -0.25) is 9.59 Å². The van der Waals surface area contributed by atoms with Crippen LogP contribution in [0.1, 0.15) is 57.3 Å². The number of fused-ring (bicyclic) bond motifs is 1. The predicted octanol–water partition coefficient (Wildman–Crippen LogP) is 2.55. The normalized spacial score (nSPS) is 24.7. The Balaban J connectivity index is 1.58. The third-order valence-electron chi connectivity index (χ3n) is 5.84. The molecule has 1 aliphatic heterocycles. The number of rotatable bonds is 5. The van der Waals surface area contributed by atoms with Gasteiger partial charge in [0.1, 0.15) is 17.9 Å². The van der Waals surface area contributed by atoms with E-state index in [0.29, 0.717) is 31.1 Å². The summed E-state index contributed by atoms with van der Waals surface area (Å²) in [7, 11) is 0. The highest BCUT2D eigenvalue weighted by Gasteiger charge is 2.51. The van der Waals surface area contributed by atoms with Gasteiger partial charge >= 0.3 is 6.09 Å². The summed E-state index contributed by atoms with van der Waals surface area (Å²) in [6.07, 6.45) is 5.44. The smallest absolute Gasteiger partial charge is 0.407 e. The Hall–Kier alpha value is -2.51. The summed E-state index contributed by atoms with van der Waals surface area (Å²) in [5.74, 6) is -0.0913. The van der Waals surface area contributed by atoms with Crippen LogP contribution in [-0.2, 0) is 9.53 Å². The number of likely N-dealkylation sites (tertiary alicyclic amines) is 1. The molecule has 0 radical (unpaired) electrons. The van der Waals surface area contributed by atoms with E-state index in [2.05, 4.69) is 10.6 Å². The van der Waals surface area contributed by atoms with Gasteiger partial charge in [-0.15, -0.1) is 0 Å². The van der Waals surface area contributed by atoms with Gasteiger partial charge in [-0.05, 0) is 52.5 Å². The monoisotopic (exact) mass is 405 g/mol. The molecule has 1 saturated heterocycles. The molecule has 2 heterocycles. The van der Waals surface area contributed by atoms with Gasteiger partial charge in [0.2, 0.25) is 5.91 Å². The summed E-state index contributed by atoms with van der Waals surface area (Å²) in [6, 6.07) is 0.927. The van der Waals surface area contributed by atoms with Crippen molar-refractivity contribution in [2.24, 2.45) is 11.3 Å². The van der Waals surface area contributed by atoms with Crippen LogP contribution in [0.3, 0.4) is 0 Å². The minimum absolute atomic E-state index is 0.104. The van der Waals surface area contributed by atoms with Crippen molar-refractivity contribution in [2.45, 2.75) is 58.6 Å². The van der Waals surface area contributed by atoms with E-state index in [1.807, 2.05) is 25.7 Å². The summed E-state index contributed by atoms with van der Waals surface area (Å²) in [4.78, 5) is 39.0. The van der Waals surface area contributed by atoms with E-state index in [4.69, 9.17) is 9.15 Å². The van der Waals surface area contributed by atoms with Gasteiger partial charge < -0.3 is 24.7 Å². The first-order chi connectivity index (χ1) is 13.6. The molecule has 2 N–H and O–H groups in total. The highest BCUT2D eigenvalue weighted by Crippen LogP contribution is 2.48. The fourth-order valence-corrected chi connectivity index (χ4v) is 4.44. The molecular formula is C21H31N3O5. The van der Waals surface area contributed by atoms with Gasteiger partial charge in [-0.1, -0.05) is 6.42 Å². The van der Waals surface area contributed by atoms with Crippen LogP contribution in [0.25, 0.3) is 0 Å². The number of hydrogen-bond acceptors (Lipinski definition) is 5. The standard InChI is InChI=1S/C21H31N3O5/c1-14(23-17(25)15-7-9-28-11-15)18(26)24-10-16-6-5-8-21(16,13-24)12-22-19(27)29-20(2,3)4/h7,9,11,14,16H,5-6,8,10,12-13H2,1-4H3,(H,22,27)(H,23,25)/t14-,16+,21+/m0/s1. The van der Waals surface area contributed by atoms with Crippen LogP contribution >= 0.6 is 0 Å². The Labute approximate surface area is 171 Å². The summed E-state index contributed by atoms with van der Waals surface area (Å²) in [5, 5.41) is 5.64. The first-order valence-corrected chi connectivity index (χ1v) is 10.2. The second kappa shape index (κ2) is 8.08. The molecule has 0 bridgehead atoms. The molecule has 3 amide bonds. The molecule has 1 aliphatic carbocycles. The van der Waals surface area contributed by atoms with E-state index in [9.17, 15) is 14.4 Å². The van der Waals surface area contributed by atoms with Crippen LogP contribution in [0.5, 0.6) is 0 Å². The lowest BCUT2D eigenvalue weighted by atomic mass is 9.81. The van der Waals surface area contributed by atoms with Crippen molar-refractivity contribution >= 4 is 17.9 Å². The number of nitrogens with zero attached hydrogens (tertiary/aromatic N) is 1. The second-order valence-corrected chi connectivity index (χ2v) is 9.23. The van der Waals surface area contributed by atoms with E-state index in [1.54, 1.807) is 13.0 Å². The van der Waals surface area contributed by atoms with Crippen LogP contribution in [0.2, 0.25) is 0 Å². The minimum atomic E-state index is -0.632. The molecule has 0 aromatic carbocycles. The molecule has 3 atom stereocenters. The molecule has 1 aromatic rings. The molecule has 29 heavy (non-hydrogen) atoms. The largest absolute Gasteiger partial charge is 0.472 e. The van der Waals surface area contributed by atoms with Crippen molar-refractivity contribution < 1.29 is 23.5 Å². The molecule has 1 saturated carbocycles. The highest BCUT2D eigenvalue weighted by molar-refractivity contribution is 5.97. The molecular weight excluding hydrogens is 374 g/mol. The average molecular weight is 405 g/mol. The van der Waals surface area contributed by atoms with Gasteiger partial charge in [0, 0.05) is 25.0 Å². The van der Waals surface area contributed by atoms with Crippen LogP contribution in [0.15, 0.2) is 23.0 Å². The number of furan rings is 1. The van der Waals surface area contributed by atoms with Crippen molar-refractivity contribution in [2.75, 3.05) is 19.6 Å². The molecule has 3 rings (SSSR count). The Morgan fingerprint density at radius 2 is 2.14 bits per heavy atom. The minimum Gasteiger partial charge on any atom is -0.472 e. The lowest BCUT2D eigenvalue weighted by Gasteiger charge is -2.30. The van der Waals surface area contributed by atoms with E-state index in [1.165, 1.54) is 12.5 Å².